The molecule has 0 aromatic heterocycles. The van der Waals surface area contributed by atoms with Crippen LogP contribution < -0.4 is 11.1 Å². The molecule has 0 bridgehead atoms. The van der Waals surface area contributed by atoms with E-state index in [9.17, 15) is 4.39 Å². The average Bonchev–Trinajstić information content (AvgIpc) is 2.33. The minimum Gasteiger partial charge on any atom is -0.389 e. The maximum atomic E-state index is 13.2. The summed E-state index contributed by atoms with van der Waals surface area (Å²) in [5.41, 5.74) is 7.13. The van der Waals surface area contributed by atoms with Crippen LogP contribution in [0.5, 0.6) is 0 Å². The molecular weight excluding hydrogens is 306 g/mol. The van der Waals surface area contributed by atoms with Gasteiger partial charge in [-0.15, -0.1) is 0 Å². The van der Waals surface area contributed by atoms with Crippen LogP contribution in [-0.2, 0) is 0 Å². The lowest BCUT2D eigenvalue weighted by Gasteiger charge is -2.13. The first-order chi connectivity index (χ1) is 8.99. The van der Waals surface area contributed by atoms with E-state index in [-0.39, 0.29) is 4.99 Å². The molecule has 0 saturated heterocycles. The lowest BCUT2D eigenvalue weighted by atomic mass is 10.1. The number of thiocarbonyl (C=S) groups is 1. The van der Waals surface area contributed by atoms with Gasteiger partial charge in [0.2, 0.25) is 0 Å². The van der Waals surface area contributed by atoms with E-state index < -0.39 is 5.82 Å². The van der Waals surface area contributed by atoms with Crippen molar-refractivity contribution in [2.75, 3.05) is 5.32 Å². The fourth-order valence-electron chi connectivity index (χ4n) is 1.62. The van der Waals surface area contributed by atoms with Crippen LogP contribution in [0.1, 0.15) is 5.56 Å². The van der Waals surface area contributed by atoms with Crippen molar-refractivity contribution in [3.05, 3.63) is 57.8 Å². The maximum Gasteiger partial charge on any atom is 0.125 e. The molecule has 0 saturated carbocycles. The zero-order valence-electron chi connectivity index (χ0n) is 9.58. The Labute approximate surface area is 125 Å². The molecule has 2 aromatic rings. The Morgan fingerprint density at radius 2 is 1.84 bits per heavy atom. The first-order valence-electron chi connectivity index (χ1n) is 5.29. The molecule has 2 aromatic carbocycles. The van der Waals surface area contributed by atoms with Crippen molar-refractivity contribution in [1.29, 1.82) is 0 Å². The Kier molecular flexibility index (Phi) is 4.24. The van der Waals surface area contributed by atoms with Crippen molar-refractivity contribution < 1.29 is 4.39 Å². The summed E-state index contributed by atoms with van der Waals surface area (Å²) in [6.07, 6.45) is 0. The molecule has 0 radical (unpaired) electrons. The van der Waals surface area contributed by atoms with Gasteiger partial charge in [0.05, 0.1) is 27.0 Å². The van der Waals surface area contributed by atoms with Gasteiger partial charge in [0.25, 0.3) is 0 Å². The molecule has 0 fully saturated rings. The first-order valence-corrected chi connectivity index (χ1v) is 6.46. The van der Waals surface area contributed by atoms with Crippen molar-refractivity contribution >= 4 is 51.8 Å². The van der Waals surface area contributed by atoms with Gasteiger partial charge in [0.15, 0.2) is 0 Å². The van der Waals surface area contributed by atoms with Crippen molar-refractivity contribution in [3.63, 3.8) is 0 Å². The molecular formula is C13H9Cl2FN2S. The fourth-order valence-corrected chi connectivity index (χ4v) is 2.33. The number of halogens is 3. The second kappa shape index (κ2) is 5.74. The standard InChI is InChI=1S/C13H9Cl2FN2S/c14-8-5-4-7(16)6-11(8)18-10-3-1-2-9(15)12(10)13(17)19/h1-6,18H,(H2,17,19). The van der Waals surface area contributed by atoms with Gasteiger partial charge in [-0.1, -0.05) is 41.5 Å². The second-order valence-corrected chi connectivity index (χ2v) is 5.03. The summed E-state index contributed by atoms with van der Waals surface area (Å²) in [4.78, 5) is 0.153. The van der Waals surface area contributed by atoms with Gasteiger partial charge in [0.1, 0.15) is 10.8 Å². The highest BCUT2D eigenvalue weighted by atomic mass is 35.5. The summed E-state index contributed by atoms with van der Waals surface area (Å²) in [6.45, 7) is 0. The first kappa shape index (κ1) is 14.1. The van der Waals surface area contributed by atoms with Crippen molar-refractivity contribution in [3.8, 4) is 0 Å². The summed E-state index contributed by atoms with van der Waals surface area (Å²) < 4.78 is 13.2. The molecule has 98 valence electrons. The second-order valence-electron chi connectivity index (χ2n) is 3.78. The number of rotatable bonds is 3. The Morgan fingerprint density at radius 1 is 1.11 bits per heavy atom. The van der Waals surface area contributed by atoms with Gasteiger partial charge in [-0.25, -0.2) is 4.39 Å². The van der Waals surface area contributed by atoms with Gasteiger partial charge in [-0.2, -0.15) is 0 Å². The molecule has 19 heavy (non-hydrogen) atoms. The van der Waals surface area contributed by atoms with Crippen LogP contribution in [0.2, 0.25) is 10.0 Å². The topological polar surface area (TPSA) is 38.0 Å². The Balaban J connectivity index is 2.46. The lowest BCUT2D eigenvalue weighted by molar-refractivity contribution is 0.628. The van der Waals surface area contributed by atoms with E-state index in [2.05, 4.69) is 5.32 Å². The highest BCUT2D eigenvalue weighted by Crippen LogP contribution is 2.30. The molecule has 0 aliphatic rings. The van der Waals surface area contributed by atoms with Crippen LogP contribution in [-0.4, -0.2) is 4.99 Å². The molecule has 0 heterocycles. The largest absolute Gasteiger partial charge is 0.389 e. The summed E-state index contributed by atoms with van der Waals surface area (Å²) >= 11 is 17.0. The number of nitrogens with one attached hydrogen (secondary N) is 1. The minimum absolute atomic E-state index is 0.153. The van der Waals surface area contributed by atoms with E-state index in [1.54, 1.807) is 18.2 Å². The van der Waals surface area contributed by atoms with E-state index in [1.165, 1.54) is 18.2 Å². The van der Waals surface area contributed by atoms with E-state index >= 15 is 0 Å². The Bertz CT molecular complexity index is 647. The quantitative estimate of drug-likeness (QED) is 0.819. The molecule has 6 heteroatoms. The summed E-state index contributed by atoms with van der Waals surface area (Å²) in [6, 6.07) is 9.17. The number of hydrogen-bond donors (Lipinski definition) is 2. The lowest BCUT2D eigenvalue weighted by Crippen LogP contribution is -2.12. The van der Waals surface area contributed by atoms with Gasteiger partial charge < -0.3 is 11.1 Å². The molecule has 0 spiro atoms. The molecule has 3 N–H and O–H groups in total. The van der Waals surface area contributed by atoms with Gasteiger partial charge in [-0.05, 0) is 30.3 Å². The maximum absolute atomic E-state index is 13.2. The third kappa shape index (κ3) is 3.15. The van der Waals surface area contributed by atoms with Crippen LogP contribution in [0.25, 0.3) is 0 Å². The van der Waals surface area contributed by atoms with Crippen molar-refractivity contribution in [1.82, 2.24) is 0 Å². The van der Waals surface area contributed by atoms with Crippen LogP contribution in [0.3, 0.4) is 0 Å². The normalized spacial score (nSPS) is 10.3. The predicted octanol–water partition coefficient (Wildman–Crippen LogP) is 4.51. The predicted molar refractivity (Wildman–Crippen MR) is 82.0 cm³/mol. The van der Waals surface area contributed by atoms with Gasteiger partial charge >= 0.3 is 0 Å². The zero-order chi connectivity index (χ0) is 14.0. The third-order valence-electron chi connectivity index (χ3n) is 2.46. The molecule has 2 rings (SSSR count). The van der Waals surface area contributed by atoms with Gasteiger partial charge in [0, 0.05) is 0 Å². The minimum atomic E-state index is -0.397. The molecule has 0 amide bonds. The van der Waals surface area contributed by atoms with Crippen molar-refractivity contribution in [2.45, 2.75) is 0 Å². The van der Waals surface area contributed by atoms with Crippen LogP contribution in [0, 0.1) is 5.82 Å². The number of nitrogens with two attached hydrogens (primary N) is 1. The zero-order valence-corrected chi connectivity index (χ0v) is 11.9. The summed E-state index contributed by atoms with van der Waals surface area (Å²) in [5.74, 6) is -0.397. The monoisotopic (exact) mass is 314 g/mol. The van der Waals surface area contributed by atoms with E-state index in [0.717, 1.165) is 0 Å². The van der Waals surface area contributed by atoms with Crippen LogP contribution in [0.4, 0.5) is 15.8 Å². The summed E-state index contributed by atoms with van der Waals surface area (Å²) in [7, 11) is 0. The Morgan fingerprint density at radius 3 is 2.53 bits per heavy atom. The molecule has 0 atom stereocenters. The third-order valence-corrected chi connectivity index (χ3v) is 3.31. The van der Waals surface area contributed by atoms with Gasteiger partial charge in [-0.3, -0.25) is 0 Å². The fraction of sp³-hybridized carbons (Fsp3) is 0. The highest BCUT2D eigenvalue weighted by Gasteiger charge is 2.11. The smallest absolute Gasteiger partial charge is 0.125 e. The number of anilines is 2. The van der Waals surface area contributed by atoms with Crippen LogP contribution in [0.15, 0.2) is 36.4 Å². The van der Waals surface area contributed by atoms with Crippen LogP contribution >= 0.6 is 35.4 Å². The summed E-state index contributed by atoms with van der Waals surface area (Å²) in [5, 5.41) is 3.79. The molecule has 0 unspecified atom stereocenters. The Hall–Kier alpha value is -1.36. The van der Waals surface area contributed by atoms with Crippen molar-refractivity contribution in [2.24, 2.45) is 5.73 Å². The molecule has 0 aliphatic carbocycles. The molecule has 0 aliphatic heterocycles. The average molecular weight is 315 g/mol. The SMILES string of the molecule is NC(=S)c1c(Cl)cccc1Nc1cc(F)ccc1Cl. The molecule has 2 nitrogen and oxygen atoms in total. The van der Waals surface area contributed by atoms with E-state index in [0.29, 0.717) is 27.0 Å². The number of hydrogen-bond acceptors (Lipinski definition) is 2. The number of benzene rings is 2. The highest BCUT2D eigenvalue weighted by molar-refractivity contribution is 7.80. The van der Waals surface area contributed by atoms with E-state index in [1.807, 2.05) is 0 Å². The van der Waals surface area contributed by atoms with E-state index in [4.69, 9.17) is 41.2 Å².